The van der Waals surface area contributed by atoms with Gasteiger partial charge in [0, 0.05) is 17.1 Å². The molecule has 0 aromatic carbocycles. The summed E-state index contributed by atoms with van der Waals surface area (Å²) < 4.78 is 25.3. The van der Waals surface area contributed by atoms with Crippen LogP contribution in [0.5, 0.6) is 0 Å². The van der Waals surface area contributed by atoms with Crippen molar-refractivity contribution in [1.29, 1.82) is 0 Å². The molecule has 1 aliphatic heterocycles. The molecule has 96 valence electrons. The molecule has 0 amide bonds. The Morgan fingerprint density at radius 1 is 1.44 bits per heavy atom. The molecular weight excluding hydrogens is 272 g/mol. The van der Waals surface area contributed by atoms with Gasteiger partial charge in [0.1, 0.15) is 5.82 Å². The molecule has 4 nitrogen and oxygen atoms in total. The van der Waals surface area contributed by atoms with Gasteiger partial charge in [0.15, 0.2) is 9.84 Å². The number of fused-ring (bicyclic) bond motifs is 1. The van der Waals surface area contributed by atoms with E-state index < -0.39 is 9.84 Å². The fourth-order valence-electron chi connectivity index (χ4n) is 2.52. The number of halogens is 1. The fraction of sp³-hybridized carbons (Fsp3) is 0.417. The highest BCUT2D eigenvalue weighted by atomic mass is 35.5. The molecule has 3 heterocycles. The molecule has 18 heavy (non-hydrogen) atoms. The Morgan fingerprint density at radius 3 is 3.06 bits per heavy atom. The summed E-state index contributed by atoms with van der Waals surface area (Å²) in [6.07, 6.45) is 5.18. The second-order valence-corrected chi connectivity index (χ2v) is 7.37. The number of hydrogen-bond donors (Lipinski definition) is 0. The normalized spacial score (nSPS) is 23.3. The molecule has 1 aliphatic rings. The van der Waals surface area contributed by atoms with Gasteiger partial charge in [0.05, 0.1) is 23.2 Å². The fourth-order valence-corrected chi connectivity index (χ4v) is 4.39. The quantitative estimate of drug-likeness (QED) is 0.807. The van der Waals surface area contributed by atoms with Gasteiger partial charge < -0.3 is 4.40 Å². The molecule has 0 bridgehead atoms. The summed E-state index contributed by atoms with van der Waals surface area (Å²) in [5.74, 6) is 1.32. The van der Waals surface area contributed by atoms with Crippen molar-refractivity contribution < 1.29 is 8.42 Å². The van der Waals surface area contributed by atoms with Gasteiger partial charge in [-0.25, -0.2) is 13.4 Å². The highest BCUT2D eigenvalue weighted by Gasteiger charge is 2.28. The summed E-state index contributed by atoms with van der Waals surface area (Å²) in [6, 6.07) is 3.62. The van der Waals surface area contributed by atoms with Crippen LogP contribution in [0.25, 0.3) is 5.52 Å². The van der Waals surface area contributed by atoms with Crippen molar-refractivity contribution in [2.24, 2.45) is 0 Å². The average molecular weight is 285 g/mol. The van der Waals surface area contributed by atoms with E-state index >= 15 is 0 Å². The summed E-state index contributed by atoms with van der Waals surface area (Å²) in [6.45, 7) is 0. The van der Waals surface area contributed by atoms with Gasteiger partial charge >= 0.3 is 0 Å². The van der Waals surface area contributed by atoms with E-state index in [0.29, 0.717) is 10.8 Å². The van der Waals surface area contributed by atoms with Crippen LogP contribution in [0.4, 0.5) is 0 Å². The summed E-state index contributed by atoms with van der Waals surface area (Å²) in [5.41, 5.74) is 0.903. The Labute approximate surface area is 111 Å². The molecule has 2 aromatic heterocycles. The van der Waals surface area contributed by atoms with Gasteiger partial charge in [-0.2, -0.15) is 0 Å². The van der Waals surface area contributed by atoms with Crippen molar-refractivity contribution in [2.45, 2.75) is 18.8 Å². The standard InChI is InChI=1S/C12H13ClN2O2S/c13-10-3-4-15-11(6-10)7-14-12(15)9-2-1-5-18(16,17)8-9/h3-4,6-7,9H,1-2,5,8H2. The molecule has 0 radical (unpaired) electrons. The van der Waals surface area contributed by atoms with E-state index in [1.54, 1.807) is 12.3 Å². The van der Waals surface area contributed by atoms with Gasteiger partial charge in [0.25, 0.3) is 0 Å². The zero-order chi connectivity index (χ0) is 12.8. The van der Waals surface area contributed by atoms with Crippen LogP contribution in [0.3, 0.4) is 0 Å². The molecule has 1 fully saturated rings. The molecule has 0 saturated carbocycles. The van der Waals surface area contributed by atoms with E-state index in [0.717, 1.165) is 24.2 Å². The summed E-state index contributed by atoms with van der Waals surface area (Å²) >= 11 is 5.92. The predicted molar refractivity (Wildman–Crippen MR) is 70.8 cm³/mol. The summed E-state index contributed by atoms with van der Waals surface area (Å²) in [5, 5.41) is 0.658. The van der Waals surface area contributed by atoms with Crippen LogP contribution in [0.1, 0.15) is 24.6 Å². The van der Waals surface area contributed by atoms with Crippen LogP contribution >= 0.6 is 11.6 Å². The lowest BCUT2D eigenvalue weighted by Gasteiger charge is -2.20. The van der Waals surface area contributed by atoms with Crippen molar-refractivity contribution in [3.63, 3.8) is 0 Å². The van der Waals surface area contributed by atoms with E-state index in [-0.39, 0.29) is 11.7 Å². The number of hydrogen-bond acceptors (Lipinski definition) is 3. The zero-order valence-corrected chi connectivity index (χ0v) is 11.3. The molecule has 0 aliphatic carbocycles. The predicted octanol–water partition coefficient (Wildman–Crippen LogP) is 2.28. The monoisotopic (exact) mass is 284 g/mol. The van der Waals surface area contributed by atoms with Crippen LogP contribution < -0.4 is 0 Å². The minimum Gasteiger partial charge on any atom is -0.303 e. The molecule has 6 heteroatoms. The van der Waals surface area contributed by atoms with E-state index in [4.69, 9.17) is 11.6 Å². The molecule has 1 atom stereocenters. The van der Waals surface area contributed by atoms with E-state index in [2.05, 4.69) is 4.98 Å². The third-order valence-corrected chi connectivity index (χ3v) is 5.41. The van der Waals surface area contributed by atoms with Crippen molar-refractivity contribution in [2.75, 3.05) is 11.5 Å². The highest BCUT2D eigenvalue weighted by molar-refractivity contribution is 7.91. The number of aromatic nitrogens is 2. The lowest BCUT2D eigenvalue weighted by molar-refractivity contribution is 0.543. The third-order valence-electron chi connectivity index (χ3n) is 3.35. The lowest BCUT2D eigenvalue weighted by Crippen LogP contribution is -2.25. The molecule has 2 aromatic rings. The van der Waals surface area contributed by atoms with Crippen molar-refractivity contribution in [3.05, 3.63) is 35.4 Å². The maximum atomic E-state index is 11.7. The van der Waals surface area contributed by atoms with Crippen LogP contribution in [0, 0.1) is 0 Å². The Balaban J connectivity index is 2.04. The van der Waals surface area contributed by atoms with E-state index in [9.17, 15) is 8.42 Å². The van der Waals surface area contributed by atoms with E-state index in [1.165, 1.54) is 0 Å². The van der Waals surface area contributed by atoms with Gasteiger partial charge in [0.2, 0.25) is 0 Å². The van der Waals surface area contributed by atoms with Crippen molar-refractivity contribution in [3.8, 4) is 0 Å². The highest BCUT2D eigenvalue weighted by Crippen LogP contribution is 2.28. The first kappa shape index (κ1) is 12.0. The molecule has 0 N–H and O–H groups in total. The number of pyridine rings is 1. The summed E-state index contributed by atoms with van der Waals surface area (Å²) in [7, 11) is -2.91. The van der Waals surface area contributed by atoms with Gasteiger partial charge in [-0.3, -0.25) is 0 Å². The average Bonchev–Trinajstić information content (AvgIpc) is 2.70. The van der Waals surface area contributed by atoms with Gasteiger partial charge in [-0.05, 0) is 25.0 Å². The third kappa shape index (κ3) is 2.12. The minimum absolute atomic E-state index is 0.00701. The van der Waals surface area contributed by atoms with Crippen LogP contribution in [-0.4, -0.2) is 29.3 Å². The largest absolute Gasteiger partial charge is 0.303 e. The maximum Gasteiger partial charge on any atom is 0.151 e. The number of rotatable bonds is 1. The Morgan fingerprint density at radius 2 is 2.28 bits per heavy atom. The first-order valence-corrected chi connectivity index (χ1v) is 8.08. The van der Waals surface area contributed by atoms with Gasteiger partial charge in [-0.15, -0.1) is 0 Å². The summed E-state index contributed by atoms with van der Waals surface area (Å²) in [4.78, 5) is 4.37. The van der Waals surface area contributed by atoms with Crippen LogP contribution in [0.15, 0.2) is 24.5 Å². The maximum absolute atomic E-state index is 11.7. The topological polar surface area (TPSA) is 51.4 Å². The lowest BCUT2D eigenvalue weighted by atomic mass is 10.1. The minimum atomic E-state index is -2.91. The molecule has 3 rings (SSSR count). The molecule has 0 spiro atoms. The van der Waals surface area contributed by atoms with Crippen molar-refractivity contribution >= 4 is 27.0 Å². The van der Waals surface area contributed by atoms with Gasteiger partial charge in [-0.1, -0.05) is 11.6 Å². The molecule has 1 saturated heterocycles. The van der Waals surface area contributed by atoms with Crippen molar-refractivity contribution in [1.82, 2.24) is 9.38 Å². The van der Waals surface area contributed by atoms with Crippen LogP contribution in [0.2, 0.25) is 5.02 Å². The Hall–Kier alpha value is -1.07. The zero-order valence-electron chi connectivity index (χ0n) is 9.71. The Kier molecular flexibility index (Phi) is 2.83. The Bertz CT molecular complexity index is 693. The smallest absolute Gasteiger partial charge is 0.151 e. The molecular formula is C12H13ClN2O2S. The second-order valence-electron chi connectivity index (χ2n) is 4.71. The number of sulfone groups is 1. The first-order chi connectivity index (χ1) is 8.55. The second kappa shape index (κ2) is 4.24. The van der Waals surface area contributed by atoms with E-state index in [1.807, 2.05) is 16.7 Å². The number of nitrogens with zero attached hydrogens (tertiary/aromatic N) is 2. The van der Waals surface area contributed by atoms with Crippen LogP contribution in [-0.2, 0) is 9.84 Å². The molecule has 1 unspecified atom stereocenters. The SMILES string of the molecule is O=S1(=O)CCCC(c2ncc3cc(Cl)ccn23)C1. The first-order valence-electron chi connectivity index (χ1n) is 5.88. The number of imidazole rings is 1.